The van der Waals surface area contributed by atoms with E-state index in [-0.39, 0.29) is 0 Å². The molecule has 1 fully saturated rings. The highest BCUT2D eigenvalue weighted by molar-refractivity contribution is 7.11. The van der Waals surface area contributed by atoms with Crippen LogP contribution in [0.5, 0.6) is 0 Å². The number of nitrogens with one attached hydrogen (secondary N) is 1. The molecule has 0 amide bonds. The molecular weight excluding hydrogens is 252 g/mol. The zero-order valence-corrected chi connectivity index (χ0v) is 13.5. The highest BCUT2D eigenvalue weighted by atomic mass is 32.1. The average molecular weight is 280 g/mol. The van der Waals surface area contributed by atoms with Crippen molar-refractivity contribution >= 4 is 11.3 Å². The zero-order valence-electron chi connectivity index (χ0n) is 12.7. The van der Waals surface area contributed by atoms with Crippen molar-refractivity contribution in [2.45, 2.75) is 65.7 Å². The lowest BCUT2D eigenvalue weighted by atomic mass is 9.72. The Kier molecular flexibility index (Phi) is 5.40. The van der Waals surface area contributed by atoms with E-state index in [2.05, 4.69) is 26.1 Å². The molecule has 0 unspecified atom stereocenters. The lowest BCUT2D eigenvalue weighted by Gasteiger charge is -2.37. The molecule has 2 nitrogen and oxygen atoms in total. The minimum atomic E-state index is 0.476. The summed E-state index contributed by atoms with van der Waals surface area (Å²) in [6.45, 7) is 8.90. The number of nitrogens with zero attached hydrogens (tertiary/aromatic N) is 1. The van der Waals surface area contributed by atoms with E-state index in [4.69, 9.17) is 4.98 Å². The van der Waals surface area contributed by atoms with E-state index < -0.39 is 0 Å². The average Bonchev–Trinajstić information content (AvgIpc) is 2.69. The van der Waals surface area contributed by atoms with Crippen molar-refractivity contribution in [2.75, 3.05) is 13.1 Å². The van der Waals surface area contributed by atoms with Crippen molar-refractivity contribution in [3.8, 4) is 0 Å². The Bertz CT molecular complexity index is 372. The minimum Gasteiger partial charge on any atom is -0.316 e. The lowest BCUT2D eigenvalue weighted by molar-refractivity contribution is 0.181. The van der Waals surface area contributed by atoms with E-state index in [0.717, 1.165) is 6.54 Å². The largest absolute Gasteiger partial charge is 0.316 e. The second-order valence-electron chi connectivity index (χ2n) is 6.16. The molecule has 108 valence electrons. The Labute approximate surface area is 122 Å². The fourth-order valence-corrected chi connectivity index (χ4v) is 4.29. The molecule has 0 aromatic carbocycles. The van der Waals surface area contributed by atoms with Gasteiger partial charge in [-0.1, -0.05) is 26.2 Å². The Morgan fingerprint density at radius 1 is 1.21 bits per heavy atom. The van der Waals surface area contributed by atoms with Gasteiger partial charge < -0.3 is 5.32 Å². The number of aromatic nitrogens is 1. The van der Waals surface area contributed by atoms with Crippen LogP contribution in [0.4, 0.5) is 0 Å². The van der Waals surface area contributed by atoms with E-state index in [1.54, 1.807) is 0 Å². The maximum absolute atomic E-state index is 4.77. The fourth-order valence-electron chi connectivity index (χ4n) is 3.18. The van der Waals surface area contributed by atoms with Crippen LogP contribution < -0.4 is 5.32 Å². The van der Waals surface area contributed by atoms with Crippen molar-refractivity contribution in [3.63, 3.8) is 0 Å². The third-order valence-corrected chi connectivity index (χ3v) is 5.51. The predicted molar refractivity (Wildman–Crippen MR) is 84.0 cm³/mol. The molecule has 1 aliphatic carbocycles. The summed E-state index contributed by atoms with van der Waals surface area (Å²) in [5.74, 6) is 0. The summed E-state index contributed by atoms with van der Waals surface area (Å²) in [4.78, 5) is 6.16. The summed E-state index contributed by atoms with van der Waals surface area (Å²) >= 11 is 1.91. The molecule has 0 atom stereocenters. The van der Waals surface area contributed by atoms with Gasteiger partial charge in [0.15, 0.2) is 0 Å². The topological polar surface area (TPSA) is 24.9 Å². The van der Waals surface area contributed by atoms with Crippen LogP contribution in [0.1, 0.15) is 61.0 Å². The maximum Gasteiger partial charge on any atom is 0.0936 e. The van der Waals surface area contributed by atoms with Crippen molar-refractivity contribution in [1.82, 2.24) is 10.3 Å². The molecule has 1 saturated carbocycles. The molecule has 0 bridgehead atoms. The van der Waals surface area contributed by atoms with E-state index in [9.17, 15) is 0 Å². The van der Waals surface area contributed by atoms with Crippen molar-refractivity contribution in [2.24, 2.45) is 5.41 Å². The minimum absolute atomic E-state index is 0.476. The molecule has 2 rings (SSSR count). The first kappa shape index (κ1) is 15.0. The molecule has 1 aromatic heterocycles. The lowest BCUT2D eigenvalue weighted by Crippen LogP contribution is -2.38. The van der Waals surface area contributed by atoms with Gasteiger partial charge >= 0.3 is 0 Å². The molecule has 0 saturated heterocycles. The highest BCUT2D eigenvalue weighted by Gasteiger charge is 2.32. The number of aryl methyl sites for hydroxylation is 2. The summed E-state index contributed by atoms with van der Waals surface area (Å²) in [6, 6.07) is 0. The first-order valence-corrected chi connectivity index (χ1v) is 8.60. The van der Waals surface area contributed by atoms with Crippen LogP contribution in [0.15, 0.2) is 0 Å². The van der Waals surface area contributed by atoms with Crippen LogP contribution >= 0.6 is 11.3 Å². The van der Waals surface area contributed by atoms with Crippen LogP contribution in [-0.2, 0) is 6.42 Å². The second-order valence-corrected chi connectivity index (χ2v) is 7.45. The molecule has 1 aromatic rings. The van der Waals surface area contributed by atoms with Crippen molar-refractivity contribution in [3.05, 3.63) is 15.6 Å². The van der Waals surface area contributed by atoms with Gasteiger partial charge in [0.05, 0.1) is 10.7 Å². The maximum atomic E-state index is 4.77. The van der Waals surface area contributed by atoms with Gasteiger partial charge in [-0.2, -0.15) is 0 Å². The molecule has 1 N–H and O–H groups in total. The molecule has 0 radical (unpaired) electrons. The third-order valence-electron chi connectivity index (χ3n) is 4.44. The number of rotatable bonds is 6. The summed E-state index contributed by atoms with van der Waals surface area (Å²) in [6.07, 6.45) is 9.39. The van der Waals surface area contributed by atoms with Gasteiger partial charge in [0.1, 0.15) is 0 Å². The molecule has 1 aliphatic rings. The Hall–Kier alpha value is -0.410. The van der Waals surface area contributed by atoms with E-state index in [0.29, 0.717) is 5.41 Å². The van der Waals surface area contributed by atoms with E-state index in [1.165, 1.54) is 67.1 Å². The Morgan fingerprint density at radius 2 is 1.95 bits per heavy atom. The van der Waals surface area contributed by atoms with E-state index in [1.807, 2.05) is 11.3 Å². The molecule has 0 spiro atoms. The van der Waals surface area contributed by atoms with Crippen molar-refractivity contribution < 1.29 is 0 Å². The van der Waals surface area contributed by atoms with Crippen LogP contribution in [0.25, 0.3) is 0 Å². The summed E-state index contributed by atoms with van der Waals surface area (Å²) in [5.41, 5.74) is 1.71. The SMILES string of the molecule is CCCNCC1(Cc2nc(C)c(C)s2)CCCCC1. The van der Waals surface area contributed by atoms with Crippen LogP contribution in [0.3, 0.4) is 0 Å². The van der Waals surface area contributed by atoms with Gasteiger partial charge in [-0.25, -0.2) is 4.98 Å². The Morgan fingerprint density at radius 3 is 2.53 bits per heavy atom. The quantitative estimate of drug-likeness (QED) is 0.788. The molecular formula is C16H28N2S. The van der Waals surface area contributed by atoms with Gasteiger partial charge in [0, 0.05) is 17.8 Å². The molecule has 1 heterocycles. The third kappa shape index (κ3) is 4.03. The first-order valence-electron chi connectivity index (χ1n) is 7.79. The predicted octanol–water partition coefficient (Wildman–Crippen LogP) is 4.25. The molecule has 19 heavy (non-hydrogen) atoms. The van der Waals surface area contributed by atoms with Gasteiger partial charge in [0.25, 0.3) is 0 Å². The number of hydrogen-bond donors (Lipinski definition) is 1. The van der Waals surface area contributed by atoms with Crippen LogP contribution in [0.2, 0.25) is 0 Å². The standard InChI is InChI=1S/C16H28N2S/c1-4-10-17-12-16(8-6-5-7-9-16)11-15-18-13(2)14(3)19-15/h17H,4-12H2,1-3H3. The first-order chi connectivity index (χ1) is 9.15. The molecule has 0 aliphatic heterocycles. The van der Waals surface area contributed by atoms with Gasteiger partial charge in [-0.05, 0) is 45.1 Å². The normalized spacial score (nSPS) is 18.7. The van der Waals surface area contributed by atoms with Crippen LogP contribution in [0, 0.1) is 19.3 Å². The van der Waals surface area contributed by atoms with E-state index >= 15 is 0 Å². The Balaban J connectivity index is 2.04. The fraction of sp³-hybridized carbons (Fsp3) is 0.812. The van der Waals surface area contributed by atoms with Gasteiger partial charge in [-0.15, -0.1) is 11.3 Å². The monoisotopic (exact) mass is 280 g/mol. The second kappa shape index (κ2) is 6.85. The van der Waals surface area contributed by atoms with Gasteiger partial charge in [0.2, 0.25) is 0 Å². The summed E-state index contributed by atoms with van der Waals surface area (Å²) < 4.78 is 0. The number of hydrogen-bond acceptors (Lipinski definition) is 3. The summed E-state index contributed by atoms with van der Waals surface area (Å²) in [7, 11) is 0. The highest BCUT2D eigenvalue weighted by Crippen LogP contribution is 2.39. The number of thiazole rings is 1. The van der Waals surface area contributed by atoms with Gasteiger partial charge in [-0.3, -0.25) is 0 Å². The summed E-state index contributed by atoms with van der Waals surface area (Å²) in [5, 5.41) is 5.02. The van der Waals surface area contributed by atoms with Crippen molar-refractivity contribution in [1.29, 1.82) is 0 Å². The smallest absolute Gasteiger partial charge is 0.0936 e. The molecule has 3 heteroatoms. The van der Waals surface area contributed by atoms with Crippen LogP contribution in [-0.4, -0.2) is 18.1 Å². The zero-order chi connectivity index (χ0) is 13.7.